The van der Waals surface area contributed by atoms with Crippen molar-refractivity contribution in [3.8, 4) is 5.75 Å². The zero-order valence-corrected chi connectivity index (χ0v) is 17.5. The number of fused-ring (bicyclic) bond motifs is 2. The number of rotatable bonds is 5. The molecular weight excluding hydrogens is 396 g/mol. The Labute approximate surface area is 180 Å². The number of nitrogens with one attached hydrogen (secondary N) is 1. The van der Waals surface area contributed by atoms with Crippen molar-refractivity contribution in [2.75, 3.05) is 0 Å². The van der Waals surface area contributed by atoms with E-state index in [9.17, 15) is 4.79 Å². The Morgan fingerprint density at radius 3 is 2.27 bits per heavy atom. The molecule has 0 saturated carbocycles. The van der Waals surface area contributed by atoms with E-state index in [0.717, 1.165) is 32.7 Å². The lowest BCUT2D eigenvalue weighted by Crippen LogP contribution is -2.33. The quantitative estimate of drug-likeness (QED) is 0.251. The van der Waals surface area contributed by atoms with E-state index in [0.29, 0.717) is 10.8 Å². The number of carbonyl (C=O) groups is 1. The SMILES string of the molecule is Cc1cc(Cl)ccc1OC(C)C(=O)N/N=C/c1c2ccccc2cc2ccccc12. The molecule has 0 saturated heterocycles. The smallest absolute Gasteiger partial charge is 0.280 e. The Morgan fingerprint density at radius 1 is 1.00 bits per heavy atom. The normalized spacial score (nSPS) is 12.4. The number of hydrazone groups is 1. The van der Waals surface area contributed by atoms with Crippen LogP contribution < -0.4 is 10.2 Å². The van der Waals surface area contributed by atoms with Gasteiger partial charge in [-0.3, -0.25) is 4.79 Å². The highest BCUT2D eigenvalue weighted by Crippen LogP contribution is 2.27. The Kier molecular flexibility index (Phi) is 5.68. The second-order valence-electron chi connectivity index (χ2n) is 7.14. The van der Waals surface area contributed by atoms with E-state index in [-0.39, 0.29) is 5.91 Å². The number of benzene rings is 4. The molecule has 1 atom stereocenters. The van der Waals surface area contributed by atoms with E-state index in [1.165, 1.54) is 0 Å². The summed E-state index contributed by atoms with van der Waals surface area (Å²) in [5.74, 6) is 0.288. The van der Waals surface area contributed by atoms with Crippen LogP contribution in [-0.2, 0) is 4.79 Å². The number of amides is 1. The number of hydrogen-bond donors (Lipinski definition) is 1. The van der Waals surface area contributed by atoms with Crippen LogP contribution in [0.3, 0.4) is 0 Å². The molecule has 0 fully saturated rings. The first-order valence-corrected chi connectivity index (χ1v) is 10.1. The van der Waals surface area contributed by atoms with Gasteiger partial charge < -0.3 is 4.74 Å². The summed E-state index contributed by atoms with van der Waals surface area (Å²) in [4.78, 5) is 12.5. The fraction of sp³-hybridized carbons (Fsp3) is 0.120. The van der Waals surface area contributed by atoms with Crippen molar-refractivity contribution < 1.29 is 9.53 Å². The van der Waals surface area contributed by atoms with Crippen LogP contribution in [0, 0.1) is 6.92 Å². The maximum Gasteiger partial charge on any atom is 0.280 e. The molecule has 0 aliphatic heterocycles. The third-order valence-corrected chi connectivity index (χ3v) is 5.23. The summed E-state index contributed by atoms with van der Waals surface area (Å²) >= 11 is 5.97. The molecule has 0 heterocycles. The highest BCUT2D eigenvalue weighted by Gasteiger charge is 2.15. The Morgan fingerprint density at radius 2 is 1.63 bits per heavy atom. The van der Waals surface area contributed by atoms with Gasteiger partial charge in [-0.2, -0.15) is 5.10 Å². The summed E-state index contributed by atoms with van der Waals surface area (Å²) in [6, 6.07) is 23.7. The monoisotopic (exact) mass is 416 g/mol. The molecule has 0 aliphatic rings. The molecule has 0 aliphatic carbocycles. The lowest BCUT2D eigenvalue weighted by atomic mass is 9.97. The molecule has 4 nitrogen and oxygen atoms in total. The van der Waals surface area contributed by atoms with Crippen LogP contribution in [0.4, 0.5) is 0 Å². The van der Waals surface area contributed by atoms with E-state index in [2.05, 4.69) is 40.9 Å². The average Bonchev–Trinajstić information content (AvgIpc) is 2.75. The Balaban J connectivity index is 1.55. The fourth-order valence-electron chi connectivity index (χ4n) is 3.43. The number of ether oxygens (including phenoxy) is 1. The lowest BCUT2D eigenvalue weighted by molar-refractivity contribution is -0.127. The molecule has 5 heteroatoms. The van der Waals surface area contributed by atoms with Crippen molar-refractivity contribution in [1.29, 1.82) is 0 Å². The first-order valence-electron chi connectivity index (χ1n) is 9.69. The van der Waals surface area contributed by atoms with Gasteiger partial charge in [-0.05, 0) is 65.2 Å². The molecule has 4 aromatic carbocycles. The predicted octanol–water partition coefficient (Wildman–Crippen LogP) is 5.87. The molecule has 30 heavy (non-hydrogen) atoms. The van der Waals surface area contributed by atoms with E-state index in [1.807, 2.05) is 31.2 Å². The number of aryl methyl sites for hydroxylation is 1. The minimum Gasteiger partial charge on any atom is -0.481 e. The molecule has 0 radical (unpaired) electrons. The molecule has 0 bridgehead atoms. The van der Waals surface area contributed by atoms with Crippen molar-refractivity contribution in [3.05, 3.63) is 88.9 Å². The van der Waals surface area contributed by atoms with Crippen molar-refractivity contribution in [2.45, 2.75) is 20.0 Å². The molecule has 1 N–H and O–H groups in total. The van der Waals surface area contributed by atoms with Gasteiger partial charge in [-0.1, -0.05) is 60.1 Å². The van der Waals surface area contributed by atoms with Crippen LogP contribution in [0.2, 0.25) is 5.02 Å². The maximum atomic E-state index is 12.5. The van der Waals surface area contributed by atoms with E-state index in [4.69, 9.17) is 16.3 Å². The van der Waals surface area contributed by atoms with Crippen molar-refractivity contribution in [1.82, 2.24) is 5.43 Å². The minimum absolute atomic E-state index is 0.329. The van der Waals surface area contributed by atoms with Crippen LogP contribution in [0.25, 0.3) is 21.5 Å². The van der Waals surface area contributed by atoms with Gasteiger partial charge in [0.15, 0.2) is 6.10 Å². The summed E-state index contributed by atoms with van der Waals surface area (Å²) in [7, 11) is 0. The fourth-order valence-corrected chi connectivity index (χ4v) is 3.66. The summed E-state index contributed by atoms with van der Waals surface area (Å²) in [6.45, 7) is 3.57. The molecule has 1 amide bonds. The summed E-state index contributed by atoms with van der Waals surface area (Å²) in [5, 5.41) is 9.25. The summed E-state index contributed by atoms with van der Waals surface area (Å²) < 4.78 is 5.76. The topological polar surface area (TPSA) is 50.7 Å². The highest BCUT2D eigenvalue weighted by molar-refractivity contribution is 6.30. The van der Waals surface area contributed by atoms with Gasteiger partial charge in [0.1, 0.15) is 5.75 Å². The number of carbonyl (C=O) groups excluding carboxylic acids is 1. The Hall–Kier alpha value is -3.37. The van der Waals surface area contributed by atoms with Gasteiger partial charge >= 0.3 is 0 Å². The second-order valence-corrected chi connectivity index (χ2v) is 7.57. The zero-order valence-electron chi connectivity index (χ0n) is 16.7. The molecule has 4 aromatic rings. The summed E-state index contributed by atoms with van der Waals surface area (Å²) in [6.07, 6.45) is 0.995. The predicted molar refractivity (Wildman–Crippen MR) is 123 cm³/mol. The van der Waals surface area contributed by atoms with E-state index >= 15 is 0 Å². The summed E-state index contributed by atoms with van der Waals surface area (Å²) in [5.41, 5.74) is 4.42. The van der Waals surface area contributed by atoms with Crippen molar-refractivity contribution in [3.63, 3.8) is 0 Å². The van der Waals surface area contributed by atoms with E-state index < -0.39 is 6.10 Å². The van der Waals surface area contributed by atoms with Gasteiger partial charge in [0.25, 0.3) is 5.91 Å². The zero-order chi connectivity index (χ0) is 21.1. The highest BCUT2D eigenvalue weighted by atomic mass is 35.5. The van der Waals surface area contributed by atoms with Gasteiger partial charge in [-0.25, -0.2) is 5.43 Å². The van der Waals surface area contributed by atoms with Crippen LogP contribution in [0.15, 0.2) is 77.9 Å². The van der Waals surface area contributed by atoms with Crippen LogP contribution in [0.1, 0.15) is 18.1 Å². The van der Waals surface area contributed by atoms with Crippen LogP contribution in [0.5, 0.6) is 5.75 Å². The lowest BCUT2D eigenvalue weighted by Gasteiger charge is -2.15. The van der Waals surface area contributed by atoms with Crippen molar-refractivity contribution >= 4 is 45.3 Å². The van der Waals surface area contributed by atoms with Gasteiger partial charge in [0.05, 0.1) is 6.21 Å². The number of nitrogens with zero attached hydrogens (tertiary/aromatic N) is 1. The Bertz CT molecular complexity index is 1210. The first-order chi connectivity index (χ1) is 14.5. The van der Waals surface area contributed by atoms with Gasteiger partial charge in [0, 0.05) is 10.6 Å². The number of halogens is 1. The van der Waals surface area contributed by atoms with Gasteiger partial charge in [0.2, 0.25) is 0 Å². The molecule has 0 aromatic heterocycles. The van der Waals surface area contributed by atoms with Gasteiger partial charge in [-0.15, -0.1) is 0 Å². The molecule has 150 valence electrons. The van der Waals surface area contributed by atoms with Crippen LogP contribution in [-0.4, -0.2) is 18.2 Å². The number of hydrogen-bond acceptors (Lipinski definition) is 3. The third kappa shape index (κ3) is 4.14. The standard InChI is InChI=1S/C25H21ClN2O2/c1-16-13-20(26)11-12-24(16)30-17(2)25(29)28-27-15-23-21-9-5-3-7-18(21)14-19-8-4-6-10-22(19)23/h3-15,17H,1-2H3,(H,28,29)/b27-15+. The molecular formula is C25H21ClN2O2. The van der Waals surface area contributed by atoms with Crippen molar-refractivity contribution in [2.24, 2.45) is 5.10 Å². The molecule has 1 unspecified atom stereocenters. The average molecular weight is 417 g/mol. The maximum absolute atomic E-state index is 12.5. The van der Waals surface area contributed by atoms with Crippen LogP contribution >= 0.6 is 11.6 Å². The second kappa shape index (κ2) is 8.56. The minimum atomic E-state index is -0.703. The molecule has 4 rings (SSSR count). The molecule has 0 spiro atoms. The van der Waals surface area contributed by atoms with E-state index in [1.54, 1.807) is 31.3 Å². The first kappa shape index (κ1) is 19.9. The third-order valence-electron chi connectivity index (χ3n) is 4.99. The largest absolute Gasteiger partial charge is 0.481 e.